The Hall–Kier alpha value is -1.48. The zero-order chi connectivity index (χ0) is 16.4. The van der Waals surface area contributed by atoms with Gasteiger partial charge in [0.1, 0.15) is 5.75 Å². The van der Waals surface area contributed by atoms with E-state index in [9.17, 15) is 4.79 Å². The van der Waals surface area contributed by atoms with E-state index in [1.807, 2.05) is 32.0 Å². The highest BCUT2D eigenvalue weighted by Gasteiger charge is 2.30. The van der Waals surface area contributed by atoms with Crippen molar-refractivity contribution in [3.05, 3.63) is 34.9 Å². The Balaban J connectivity index is 1.90. The molecule has 0 bridgehead atoms. The molecule has 1 heterocycles. The molecule has 1 aromatic carbocycles. The van der Waals surface area contributed by atoms with Gasteiger partial charge < -0.3 is 10.1 Å². The van der Waals surface area contributed by atoms with Crippen LogP contribution in [-0.2, 0) is 4.79 Å². The lowest BCUT2D eigenvalue weighted by Crippen LogP contribution is -2.46. The number of hydrogen-bond acceptors (Lipinski definition) is 3. The molecular weight excluding hydrogens is 310 g/mol. The van der Waals surface area contributed by atoms with Gasteiger partial charge in [-0.15, -0.1) is 0 Å². The molecule has 0 amide bonds. The van der Waals surface area contributed by atoms with Crippen LogP contribution < -0.4 is 10.1 Å². The van der Waals surface area contributed by atoms with Crippen molar-refractivity contribution in [1.82, 2.24) is 5.32 Å². The maximum atomic E-state index is 12.7. The van der Waals surface area contributed by atoms with Gasteiger partial charge >= 0.3 is 0 Å². The van der Waals surface area contributed by atoms with Crippen molar-refractivity contribution in [3.8, 4) is 5.75 Å². The highest BCUT2D eigenvalue weighted by molar-refractivity contribution is 6.30. The first kappa shape index (κ1) is 16.4. The van der Waals surface area contributed by atoms with Crippen LogP contribution in [0.25, 0.3) is 5.70 Å². The third-order valence-corrected chi connectivity index (χ3v) is 4.81. The van der Waals surface area contributed by atoms with Gasteiger partial charge in [-0.25, -0.2) is 0 Å². The first-order chi connectivity index (χ1) is 10.9. The molecule has 0 radical (unpaired) electrons. The molecule has 3 rings (SSSR count). The van der Waals surface area contributed by atoms with E-state index in [0.717, 1.165) is 42.7 Å². The highest BCUT2D eigenvalue weighted by Crippen LogP contribution is 2.36. The minimum Gasteiger partial charge on any atom is -0.468 e. The summed E-state index contributed by atoms with van der Waals surface area (Å²) < 4.78 is 5.93. The fourth-order valence-electron chi connectivity index (χ4n) is 3.43. The van der Waals surface area contributed by atoms with Gasteiger partial charge in [0.15, 0.2) is 11.5 Å². The normalized spacial score (nSPS) is 22.7. The number of nitrogens with one attached hydrogen (secondary N) is 1. The van der Waals surface area contributed by atoms with Crippen molar-refractivity contribution in [2.24, 2.45) is 5.92 Å². The van der Waals surface area contributed by atoms with Crippen molar-refractivity contribution in [3.63, 3.8) is 0 Å². The fraction of sp³-hybridized carbons (Fsp3) is 0.526. The number of rotatable bonds is 2. The van der Waals surface area contributed by atoms with E-state index in [0.29, 0.717) is 5.02 Å². The van der Waals surface area contributed by atoms with Crippen LogP contribution in [0.1, 0.15) is 57.9 Å². The molecule has 0 aromatic heterocycles. The standard InChI is InChI=1S/C19H24ClNO2/c1-19(2)21-16(15-10-9-14(20)11-18(15)23-19)12-17(22)13-7-5-3-4-6-8-13/h9-13,21H,3-8H2,1-2H3/b16-12-. The number of carbonyl (C=O) groups is 1. The number of ketones is 1. The second-order valence-electron chi connectivity index (χ2n) is 7.03. The Morgan fingerprint density at radius 2 is 1.96 bits per heavy atom. The predicted octanol–water partition coefficient (Wildman–Crippen LogP) is 4.94. The van der Waals surface area contributed by atoms with Crippen LogP contribution >= 0.6 is 11.6 Å². The molecule has 1 saturated carbocycles. The molecule has 1 aliphatic heterocycles. The topological polar surface area (TPSA) is 38.3 Å². The van der Waals surface area contributed by atoms with Gasteiger partial charge in [-0.2, -0.15) is 0 Å². The van der Waals surface area contributed by atoms with Crippen LogP contribution in [-0.4, -0.2) is 11.5 Å². The van der Waals surface area contributed by atoms with Crippen LogP contribution in [0.2, 0.25) is 5.02 Å². The third kappa shape index (κ3) is 3.89. The van der Waals surface area contributed by atoms with E-state index in [4.69, 9.17) is 16.3 Å². The fourth-order valence-corrected chi connectivity index (χ4v) is 3.60. The Kier molecular flexibility index (Phi) is 4.67. The molecule has 23 heavy (non-hydrogen) atoms. The Morgan fingerprint density at radius 1 is 1.26 bits per heavy atom. The van der Waals surface area contributed by atoms with Gasteiger partial charge in [0.25, 0.3) is 0 Å². The molecular formula is C19H24ClNO2. The maximum absolute atomic E-state index is 12.7. The van der Waals surface area contributed by atoms with E-state index in [-0.39, 0.29) is 11.7 Å². The molecule has 3 nitrogen and oxygen atoms in total. The highest BCUT2D eigenvalue weighted by atomic mass is 35.5. The average molecular weight is 334 g/mol. The summed E-state index contributed by atoms with van der Waals surface area (Å²) in [5.41, 5.74) is 1.17. The summed E-state index contributed by atoms with van der Waals surface area (Å²) in [7, 11) is 0. The Morgan fingerprint density at radius 3 is 2.65 bits per heavy atom. The summed E-state index contributed by atoms with van der Waals surface area (Å²) >= 11 is 6.08. The van der Waals surface area contributed by atoms with E-state index >= 15 is 0 Å². The number of fused-ring (bicyclic) bond motifs is 1. The lowest BCUT2D eigenvalue weighted by molar-refractivity contribution is -0.118. The number of ether oxygens (including phenoxy) is 1. The van der Waals surface area contributed by atoms with Crippen molar-refractivity contribution in [1.29, 1.82) is 0 Å². The van der Waals surface area contributed by atoms with Crippen molar-refractivity contribution >= 4 is 23.1 Å². The van der Waals surface area contributed by atoms with Crippen molar-refractivity contribution in [2.75, 3.05) is 0 Å². The first-order valence-electron chi connectivity index (χ1n) is 8.47. The molecule has 124 valence electrons. The molecule has 1 fully saturated rings. The van der Waals surface area contributed by atoms with Gasteiger partial charge in [0, 0.05) is 22.6 Å². The average Bonchev–Trinajstić information content (AvgIpc) is 2.74. The zero-order valence-corrected chi connectivity index (χ0v) is 14.6. The van der Waals surface area contributed by atoms with Crippen LogP contribution in [0.3, 0.4) is 0 Å². The van der Waals surface area contributed by atoms with Crippen molar-refractivity contribution < 1.29 is 9.53 Å². The van der Waals surface area contributed by atoms with E-state index in [2.05, 4.69) is 5.32 Å². The molecule has 0 saturated heterocycles. The molecule has 1 aromatic rings. The lowest BCUT2D eigenvalue weighted by atomic mass is 9.93. The molecule has 0 unspecified atom stereocenters. The summed E-state index contributed by atoms with van der Waals surface area (Å²) in [5, 5.41) is 3.96. The summed E-state index contributed by atoms with van der Waals surface area (Å²) in [6, 6.07) is 5.54. The summed E-state index contributed by atoms with van der Waals surface area (Å²) in [6.07, 6.45) is 8.61. The number of hydrogen-bond donors (Lipinski definition) is 1. The number of halogens is 1. The van der Waals surface area contributed by atoms with Crippen LogP contribution in [0.5, 0.6) is 5.75 Å². The monoisotopic (exact) mass is 333 g/mol. The number of allylic oxidation sites excluding steroid dienone is 1. The first-order valence-corrected chi connectivity index (χ1v) is 8.85. The Bertz CT molecular complexity index is 628. The quantitative estimate of drug-likeness (QED) is 0.615. The molecule has 1 N–H and O–H groups in total. The largest absolute Gasteiger partial charge is 0.468 e. The van der Waals surface area contributed by atoms with Crippen LogP contribution in [0.4, 0.5) is 0 Å². The predicted molar refractivity (Wildman–Crippen MR) is 93.5 cm³/mol. The lowest BCUT2D eigenvalue weighted by Gasteiger charge is -2.36. The summed E-state index contributed by atoms with van der Waals surface area (Å²) in [6.45, 7) is 3.89. The SMILES string of the molecule is CC1(C)N/C(=C\C(=O)C2CCCCCC2)c2ccc(Cl)cc2O1. The smallest absolute Gasteiger partial charge is 0.175 e. The van der Waals surface area contributed by atoms with Crippen LogP contribution in [0, 0.1) is 5.92 Å². The van der Waals surface area contributed by atoms with Gasteiger partial charge in [0.05, 0.1) is 5.70 Å². The number of benzene rings is 1. The molecule has 1 aliphatic carbocycles. The minimum atomic E-state index is -0.562. The van der Waals surface area contributed by atoms with Crippen LogP contribution in [0.15, 0.2) is 24.3 Å². The summed E-state index contributed by atoms with van der Waals surface area (Å²) in [4.78, 5) is 12.7. The maximum Gasteiger partial charge on any atom is 0.175 e. The second-order valence-corrected chi connectivity index (χ2v) is 7.46. The number of carbonyl (C=O) groups excluding carboxylic acids is 1. The molecule has 0 spiro atoms. The minimum absolute atomic E-state index is 0.161. The van der Waals surface area contributed by atoms with Gasteiger partial charge in [-0.05, 0) is 44.9 Å². The van der Waals surface area contributed by atoms with Gasteiger partial charge in [-0.1, -0.05) is 37.3 Å². The molecule has 4 heteroatoms. The van der Waals surface area contributed by atoms with E-state index in [1.54, 1.807) is 6.08 Å². The summed E-state index contributed by atoms with van der Waals surface area (Å²) in [5.74, 6) is 1.11. The van der Waals surface area contributed by atoms with E-state index < -0.39 is 5.72 Å². The molecule has 2 aliphatic rings. The van der Waals surface area contributed by atoms with Crippen molar-refractivity contribution in [2.45, 2.75) is 58.1 Å². The zero-order valence-electron chi connectivity index (χ0n) is 13.8. The second kappa shape index (κ2) is 6.56. The third-order valence-electron chi connectivity index (χ3n) is 4.58. The molecule has 0 atom stereocenters. The van der Waals surface area contributed by atoms with E-state index in [1.165, 1.54) is 12.8 Å². The van der Waals surface area contributed by atoms with Gasteiger partial charge in [-0.3, -0.25) is 4.79 Å². The Labute approximate surface area is 143 Å². The van der Waals surface area contributed by atoms with Gasteiger partial charge in [0.2, 0.25) is 0 Å².